The lowest BCUT2D eigenvalue weighted by atomic mass is 9.68. The molecule has 0 amide bonds. The van der Waals surface area contributed by atoms with Crippen LogP contribution < -0.4 is 4.74 Å². The third-order valence-corrected chi connectivity index (χ3v) is 8.41. The van der Waals surface area contributed by atoms with E-state index in [-0.39, 0.29) is 43.1 Å². The maximum atomic E-state index is 13.8. The van der Waals surface area contributed by atoms with Gasteiger partial charge in [0.1, 0.15) is 11.3 Å². The van der Waals surface area contributed by atoms with E-state index in [9.17, 15) is 13.2 Å². The quantitative estimate of drug-likeness (QED) is 0.467. The molecule has 7 rings (SSSR count). The molecule has 3 atom stereocenters. The molecule has 7 nitrogen and oxygen atoms in total. The highest BCUT2D eigenvalue weighted by Crippen LogP contribution is 2.70. The van der Waals surface area contributed by atoms with Crippen molar-refractivity contribution < 1.29 is 22.6 Å². The van der Waals surface area contributed by atoms with Gasteiger partial charge in [0.05, 0.1) is 35.7 Å². The van der Waals surface area contributed by atoms with Gasteiger partial charge in [0.2, 0.25) is 5.88 Å². The first kappa shape index (κ1) is 23.5. The van der Waals surface area contributed by atoms with E-state index >= 15 is 0 Å². The number of halogens is 3. The Kier molecular flexibility index (Phi) is 5.44. The molecular weight excluding hydrogens is 471 g/mol. The van der Waals surface area contributed by atoms with Crippen molar-refractivity contribution in [2.75, 3.05) is 13.7 Å². The van der Waals surface area contributed by atoms with Crippen molar-refractivity contribution in [2.45, 2.75) is 70.1 Å². The average Bonchev–Trinajstić information content (AvgIpc) is 3.42. The summed E-state index contributed by atoms with van der Waals surface area (Å²) in [4.78, 5) is 23.4. The van der Waals surface area contributed by atoms with Gasteiger partial charge in [-0.1, -0.05) is 0 Å². The van der Waals surface area contributed by atoms with Crippen molar-refractivity contribution in [1.29, 1.82) is 0 Å². The number of methoxy groups -OCH3 is 1. The van der Waals surface area contributed by atoms with E-state index < -0.39 is 11.6 Å². The number of rotatable bonds is 4. The van der Waals surface area contributed by atoms with E-state index in [1.165, 1.54) is 0 Å². The second-order valence-electron chi connectivity index (χ2n) is 10.5. The van der Waals surface area contributed by atoms with Crippen molar-refractivity contribution in [3.8, 4) is 5.88 Å². The molecule has 3 saturated carbocycles. The third-order valence-electron chi connectivity index (χ3n) is 8.41. The Hall–Kier alpha value is -2.88. The molecule has 10 heteroatoms. The zero-order valence-corrected chi connectivity index (χ0v) is 20.5. The molecule has 190 valence electrons. The number of aromatic nitrogens is 5. The molecule has 36 heavy (non-hydrogen) atoms. The molecule has 1 saturated heterocycles. The molecule has 0 spiro atoms. The highest BCUT2D eigenvalue weighted by molar-refractivity contribution is 5.74. The van der Waals surface area contributed by atoms with E-state index in [0.717, 1.165) is 17.0 Å². The standard InChI is InChI=1S/C26H28F3N5O2/c1-13-14(2)32-23-21(31-13)20(18-12-25(26(27,28)29)10-16(18)11-25)33-22(34-23)15-6-8-36-19(9-15)17-5-4-7-30-24(17)35-3/h4-5,7,15-16,18-19H,6,8-12H2,1-3H3. The Morgan fingerprint density at radius 1 is 1.06 bits per heavy atom. The minimum absolute atomic E-state index is 0.0341. The van der Waals surface area contributed by atoms with Gasteiger partial charge in [-0.2, -0.15) is 13.2 Å². The van der Waals surface area contributed by atoms with Gasteiger partial charge in [0.15, 0.2) is 5.65 Å². The molecular formula is C26H28F3N5O2. The van der Waals surface area contributed by atoms with Crippen molar-refractivity contribution >= 4 is 11.2 Å². The second kappa shape index (κ2) is 8.33. The summed E-state index contributed by atoms with van der Waals surface area (Å²) in [5, 5.41) is 0. The van der Waals surface area contributed by atoms with Crippen LogP contribution in [0.25, 0.3) is 11.2 Å². The second-order valence-corrected chi connectivity index (χ2v) is 10.5. The fourth-order valence-corrected chi connectivity index (χ4v) is 6.31. The Labute approximate surface area is 206 Å². The van der Waals surface area contributed by atoms with Gasteiger partial charge in [-0.05, 0) is 64.0 Å². The number of aryl methyl sites for hydroxylation is 2. The van der Waals surface area contributed by atoms with E-state index in [1.54, 1.807) is 13.3 Å². The summed E-state index contributed by atoms with van der Waals surface area (Å²) in [5.74, 6) is 0.761. The van der Waals surface area contributed by atoms with Crippen LogP contribution in [-0.2, 0) is 4.74 Å². The fraction of sp³-hybridized carbons (Fsp3) is 0.577. The molecule has 2 bridgehead atoms. The minimum Gasteiger partial charge on any atom is -0.481 e. The molecule has 4 fully saturated rings. The first-order valence-corrected chi connectivity index (χ1v) is 12.4. The zero-order valence-electron chi connectivity index (χ0n) is 20.5. The molecule has 3 aliphatic carbocycles. The molecule has 3 aromatic heterocycles. The lowest BCUT2D eigenvalue weighted by molar-refractivity contribution is -0.244. The van der Waals surface area contributed by atoms with Gasteiger partial charge in [0, 0.05) is 30.2 Å². The summed E-state index contributed by atoms with van der Waals surface area (Å²) >= 11 is 0. The van der Waals surface area contributed by atoms with Crippen molar-refractivity contribution in [2.24, 2.45) is 11.3 Å². The molecule has 0 aromatic carbocycles. The van der Waals surface area contributed by atoms with Crippen LogP contribution in [0.1, 0.15) is 78.5 Å². The number of hydrogen-bond donors (Lipinski definition) is 0. The molecule has 1 aliphatic heterocycles. The predicted molar refractivity (Wildman–Crippen MR) is 125 cm³/mol. The lowest BCUT2D eigenvalue weighted by Crippen LogP contribution is -2.42. The summed E-state index contributed by atoms with van der Waals surface area (Å²) in [6.07, 6.45) is -1.04. The number of fused-ring (bicyclic) bond motifs is 2. The fourth-order valence-electron chi connectivity index (χ4n) is 6.31. The Balaban J connectivity index is 1.39. The van der Waals surface area contributed by atoms with Gasteiger partial charge in [-0.15, -0.1) is 0 Å². The van der Waals surface area contributed by atoms with Crippen LogP contribution in [-0.4, -0.2) is 44.8 Å². The van der Waals surface area contributed by atoms with Crippen LogP contribution in [0.3, 0.4) is 0 Å². The van der Waals surface area contributed by atoms with Crippen LogP contribution in [0.15, 0.2) is 18.3 Å². The molecule has 3 unspecified atom stereocenters. The van der Waals surface area contributed by atoms with Crippen molar-refractivity contribution in [3.05, 3.63) is 46.8 Å². The predicted octanol–water partition coefficient (Wildman–Crippen LogP) is 5.52. The van der Waals surface area contributed by atoms with Crippen LogP contribution in [0.4, 0.5) is 13.2 Å². The van der Waals surface area contributed by atoms with Crippen LogP contribution in [0.5, 0.6) is 5.88 Å². The highest BCUT2D eigenvalue weighted by Gasteiger charge is 2.69. The number of ether oxygens (including phenoxy) is 2. The smallest absolute Gasteiger partial charge is 0.394 e. The number of pyridine rings is 1. The van der Waals surface area contributed by atoms with Crippen molar-refractivity contribution in [1.82, 2.24) is 24.9 Å². The summed E-state index contributed by atoms with van der Waals surface area (Å²) in [5.41, 5.74) is 2.39. The van der Waals surface area contributed by atoms with E-state index in [2.05, 4.69) is 9.97 Å². The summed E-state index contributed by atoms with van der Waals surface area (Å²) < 4.78 is 53.0. The Morgan fingerprint density at radius 2 is 1.83 bits per heavy atom. The van der Waals surface area contributed by atoms with Crippen LogP contribution >= 0.6 is 0 Å². The van der Waals surface area contributed by atoms with E-state index in [4.69, 9.17) is 24.4 Å². The lowest BCUT2D eigenvalue weighted by Gasteiger charge is -2.39. The molecule has 4 heterocycles. The number of alkyl halides is 3. The molecule has 0 N–H and O–H groups in total. The van der Waals surface area contributed by atoms with Gasteiger partial charge < -0.3 is 9.47 Å². The van der Waals surface area contributed by atoms with Gasteiger partial charge >= 0.3 is 6.18 Å². The Morgan fingerprint density at radius 3 is 2.56 bits per heavy atom. The molecule has 3 aromatic rings. The molecule has 0 radical (unpaired) electrons. The first-order valence-electron chi connectivity index (χ1n) is 12.4. The molecule has 4 aliphatic rings. The Bertz CT molecular complexity index is 1320. The largest absolute Gasteiger partial charge is 0.481 e. The number of nitrogens with zero attached hydrogens (tertiary/aromatic N) is 5. The average molecular weight is 500 g/mol. The summed E-state index contributed by atoms with van der Waals surface area (Å²) in [7, 11) is 1.58. The highest BCUT2D eigenvalue weighted by atomic mass is 19.4. The van der Waals surface area contributed by atoms with Gasteiger partial charge in [0.25, 0.3) is 0 Å². The van der Waals surface area contributed by atoms with Crippen LogP contribution in [0, 0.1) is 25.2 Å². The maximum absolute atomic E-state index is 13.8. The van der Waals surface area contributed by atoms with E-state index in [1.807, 2.05) is 26.0 Å². The monoisotopic (exact) mass is 499 g/mol. The zero-order chi connectivity index (χ0) is 25.2. The normalized spacial score (nSPS) is 29.8. The summed E-state index contributed by atoms with van der Waals surface area (Å²) in [6, 6.07) is 3.78. The first-order chi connectivity index (χ1) is 17.2. The minimum atomic E-state index is -4.20. The van der Waals surface area contributed by atoms with Gasteiger partial charge in [-0.3, -0.25) is 0 Å². The number of hydrogen-bond acceptors (Lipinski definition) is 7. The summed E-state index contributed by atoms with van der Waals surface area (Å²) in [6.45, 7) is 4.23. The van der Waals surface area contributed by atoms with Crippen LogP contribution in [0.2, 0.25) is 0 Å². The topological polar surface area (TPSA) is 82.9 Å². The van der Waals surface area contributed by atoms with Gasteiger partial charge in [-0.25, -0.2) is 24.9 Å². The SMILES string of the molecule is COc1ncccc1C1CC(c2nc(C3CC4(C(F)(F)F)CC3C4)c3nc(C)c(C)nc3n2)CCO1. The van der Waals surface area contributed by atoms with E-state index in [0.29, 0.717) is 48.0 Å². The third kappa shape index (κ3) is 3.64. The van der Waals surface area contributed by atoms with Crippen molar-refractivity contribution in [3.63, 3.8) is 0 Å². The maximum Gasteiger partial charge on any atom is 0.394 e.